The molecule has 1 fully saturated rings. The Morgan fingerprint density at radius 1 is 1.21 bits per heavy atom. The smallest absolute Gasteiger partial charge is 0.420 e. The van der Waals surface area contributed by atoms with Crippen LogP contribution in [0.5, 0.6) is 5.75 Å². The number of amides is 1. The molecule has 11 heteroatoms. The number of anilines is 2. The number of carbonyl (C=O) groups is 1. The minimum Gasteiger partial charge on any atom is -0.420 e. The maximum atomic E-state index is 12.9. The fraction of sp³-hybridized carbons (Fsp3) is 0.304. The van der Waals surface area contributed by atoms with E-state index in [1.807, 2.05) is 0 Å². The van der Waals surface area contributed by atoms with Crippen molar-refractivity contribution in [3.63, 3.8) is 0 Å². The SMILES string of the molecule is CN(C)C1CCN(c2ncc(C(=O)Nc3ccc(OC(F)(F)Cl)cc3)cc2-c2cnccn2)C1. The van der Waals surface area contributed by atoms with E-state index in [1.165, 1.54) is 30.5 Å². The molecule has 178 valence electrons. The van der Waals surface area contributed by atoms with Crippen LogP contribution in [0.1, 0.15) is 16.8 Å². The molecule has 1 unspecified atom stereocenters. The minimum absolute atomic E-state index is 0.129. The van der Waals surface area contributed by atoms with E-state index >= 15 is 0 Å². The standard InChI is InChI=1S/C23H23ClF2N6O2/c1-31(2)17-7-10-32(14-17)21-19(20-13-27-8-9-28-20)11-15(12-29-21)22(33)30-16-3-5-18(6-4-16)34-23(24,25)26/h3-6,8-9,11-13,17H,7,10,14H2,1-2H3,(H,30,33). The fourth-order valence-corrected chi connectivity index (χ4v) is 3.85. The number of nitrogens with zero attached hydrogens (tertiary/aromatic N) is 5. The third-order valence-electron chi connectivity index (χ3n) is 5.51. The largest absolute Gasteiger partial charge is 0.487 e. The molecular weight excluding hydrogens is 466 g/mol. The first-order valence-corrected chi connectivity index (χ1v) is 10.9. The first-order valence-electron chi connectivity index (χ1n) is 10.5. The predicted molar refractivity (Wildman–Crippen MR) is 125 cm³/mol. The van der Waals surface area contributed by atoms with E-state index in [1.54, 1.807) is 24.7 Å². The van der Waals surface area contributed by atoms with Gasteiger partial charge in [-0.05, 0) is 50.8 Å². The number of alkyl halides is 3. The molecule has 8 nitrogen and oxygen atoms in total. The Morgan fingerprint density at radius 3 is 2.59 bits per heavy atom. The molecule has 1 saturated heterocycles. The number of halogens is 3. The summed E-state index contributed by atoms with van der Waals surface area (Å²) in [4.78, 5) is 30.4. The van der Waals surface area contributed by atoms with Gasteiger partial charge in [-0.25, -0.2) is 4.98 Å². The normalized spacial score (nSPS) is 16.1. The van der Waals surface area contributed by atoms with Gasteiger partial charge in [0.05, 0.1) is 17.5 Å². The molecular formula is C23H23ClF2N6O2. The molecule has 2 aromatic heterocycles. The Labute approximate surface area is 200 Å². The van der Waals surface area contributed by atoms with Crippen molar-refractivity contribution in [3.8, 4) is 17.0 Å². The molecule has 1 aliphatic rings. The van der Waals surface area contributed by atoms with Crippen molar-refractivity contribution in [1.29, 1.82) is 0 Å². The van der Waals surface area contributed by atoms with Crippen molar-refractivity contribution in [1.82, 2.24) is 19.9 Å². The van der Waals surface area contributed by atoms with Crippen LogP contribution >= 0.6 is 11.6 Å². The highest BCUT2D eigenvalue weighted by Crippen LogP contribution is 2.31. The van der Waals surface area contributed by atoms with Gasteiger partial charge in [-0.15, -0.1) is 8.78 Å². The summed E-state index contributed by atoms with van der Waals surface area (Å²) in [5, 5.41) is 2.73. The first kappa shape index (κ1) is 23.8. The van der Waals surface area contributed by atoms with Gasteiger partial charge in [-0.3, -0.25) is 14.8 Å². The van der Waals surface area contributed by atoms with Crippen LogP contribution in [0, 0.1) is 0 Å². The topological polar surface area (TPSA) is 83.5 Å². The summed E-state index contributed by atoms with van der Waals surface area (Å²) >= 11 is 4.77. The maximum Gasteiger partial charge on any atom is 0.487 e. The molecule has 3 heterocycles. The molecule has 4 rings (SSSR count). The van der Waals surface area contributed by atoms with Gasteiger partial charge < -0.3 is 19.9 Å². The highest BCUT2D eigenvalue weighted by molar-refractivity contribution is 6.20. The Hall–Kier alpha value is -3.37. The Kier molecular flexibility index (Phi) is 6.90. The van der Waals surface area contributed by atoms with E-state index in [-0.39, 0.29) is 5.75 Å². The van der Waals surface area contributed by atoms with Gasteiger partial charge in [0.2, 0.25) is 0 Å². The maximum absolute atomic E-state index is 12.9. The molecule has 0 spiro atoms. The molecule has 34 heavy (non-hydrogen) atoms. The lowest BCUT2D eigenvalue weighted by molar-refractivity contribution is -0.0964. The van der Waals surface area contributed by atoms with Crippen LogP contribution in [0.4, 0.5) is 20.3 Å². The summed E-state index contributed by atoms with van der Waals surface area (Å²) in [6.07, 6.45) is 7.32. The number of benzene rings is 1. The second-order valence-electron chi connectivity index (χ2n) is 8.06. The lowest BCUT2D eigenvalue weighted by Gasteiger charge is -2.23. The van der Waals surface area contributed by atoms with E-state index in [9.17, 15) is 13.6 Å². The van der Waals surface area contributed by atoms with Crippen LogP contribution in [0.25, 0.3) is 11.3 Å². The second kappa shape index (κ2) is 9.86. The summed E-state index contributed by atoms with van der Waals surface area (Å²) in [5.74, 6) is 0.202. The van der Waals surface area contributed by atoms with Crippen LogP contribution < -0.4 is 15.0 Å². The highest BCUT2D eigenvalue weighted by Gasteiger charge is 2.28. The summed E-state index contributed by atoms with van der Waals surface area (Å²) in [6, 6.07) is 7.58. The number of aromatic nitrogens is 3. The average Bonchev–Trinajstić information content (AvgIpc) is 3.30. The predicted octanol–water partition coefficient (Wildman–Crippen LogP) is 4.10. The quantitative estimate of drug-likeness (QED) is 0.501. The summed E-state index contributed by atoms with van der Waals surface area (Å²) in [7, 11) is 4.11. The van der Waals surface area contributed by atoms with Crippen molar-refractivity contribution in [2.45, 2.75) is 18.0 Å². The Balaban J connectivity index is 1.57. The number of likely N-dealkylation sites (N-methyl/N-ethyl adjacent to an activating group) is 1. The van der Waals surface area contributed by atoms with E-state index in [0.29, 0.717) is 28.6 Å². The van der Waals surface area contributed by atoms with Crippen LogP contribution in [0.3, 0.4) is 0 Å². The Morgan fingerprint density at radius 2 is 1.97 bits per heavy atom. The van der Waals surface area contributed by atoms with Crippen LogP contribution in [0.2, 0.25) is 0 Å². The number of nitrogens with one attached hydrogen (secondary N) is 1. The zero-order valence-electron chi connectivity index (χ0n) is 18.6. The van der Waals surface area contributed by atoms with Gasteiger partial charge >= 0.3 is 5.57 Å². The fourth-order valence-electron chi connectivity index (χ4n) is 3.76. The van der Waals surface area contributed by atoms with Gasteiger partial charge in [0.15, 0.2) is 0 Å². The van der Waals surface area contributed by atoms with Crippen molar-refractivity contribution in [2.24, 2.45) is 0 Å². The molecule has 0 bridgehead atoms. The number of rotatable bonds is 7. The van der Waals surface area contributed by atoms with Crippen molar-refractivity contribution >= 4 is 29.0 Å². The molecule has 0 saturated carbocycles. The molecule has 0 radical (unpaired) electrons. The lowest BCUT2D eigenvalue weighted by atomic mass is 10.1. The molecule has 1 aromatic carbocycles. The molecule has 3 aromatic rings. The lowest BCUT2D eigenvalue weighted by Crippen LogP contribution is -2.32. The average molecular weight is 489 g/mol. The summed E-state index contributed by atoms with van der Waals surface area (Å²) in [5.41, 5.74) is -1.78. The minimum atomic E-state index is -3.81. The third kappa shape index (κ3) is 5.75. The Bertz CT molecular complexity index is 1140. The van der Waals surface area contributed by atoms with Gasteiger partial charge in [0.1, 0.15) is 11.6 Å². The molecule has 0 aliphatic carbocycles. The monoisotopic (exact) mass is 488 g/mol. The zero-order valence-corrected chi connectivity index (χ0v) is 19.3. The number of hydrogen-bond acceptors (Lipinski definition) is 7. The number of hydrogen-bond donors (Lipinski definition) is 1. The highest BCUT2D eigenvalue weighted by atomic mass is 35.5. The van der Waals surface area contributed by atoms with E-state index in [4.69, 9.17) is 11.6 Å². The summed E-state index contributed by atoms with van der Waals surface area (Å²) in [6.45, 7) is 1.65. The van der Waals surface area contributed by atoms with E-state index in [0.717, 1.165) is 25.3 Å². The van der Waals surface area contributed by atoms with E-state index < -0.39 is 11.5 Å². The zero-order chi connectivity index (χ0) is 24.3. The number of pyridine rings is 1. The number of carbonyl (C=O) groups excluding carboxylic acids is 1. The number of ether oxygens (including phenoxy) is 1. The second-order valence-corrected chi connectivity index (χ2v) is 8.50. The van der Waals surface area contributed by atoms with Crippen molar-refractivity contribution < 1.29 is 18.3 Å². The summed E-state index contributed by atoms with van der Waals surface area (Å²) < 4.78 is 29.8. The van der Waals surface area contributed by atoms with Gasteiger partial charge in [0, 0.05) is 60.6 Å². The molecule has 1 atom stereocenters. The molecule has 1 aliphatic heterocycles. The van der Waals surface area contributed by atoms with Crippen LogP contribution in [-0.2, 0) is 0 Å². The van der Waals surface area contributed by atoms with Gasteiger partial charge in [0.25, 0.3) is 5.91 Å². The van der Waals surface area contributed by atoms with Crippen LogP contribution in [-0.4, -0.2) is 64.6 Å². The van der Waals surface area contributed by atoms with Gasteiger partial charge in [-0.2, -0.15) is 0 Å². The van der Waals surface area contributed by atoms with Gasteiger partial charge in [-0.1, -0.05) is 0 Å². The van der Waals surface area contributed by atoms with Crippen molar-refractivity contribution in [3.05, 3.63) is 60.7 Å². The van der Waals surface area contributed by atoms with Crippen LogP contribution in [0.15, 0.2) is 55.1 Å². The first-order chi connectivity index (χ1) is 16.2. The third-order valence-corrected chi connectivity index (χ3v) is 5.58. The molecule has 1 amide bonds. The van der Waals surface area contributed by atoms with Crippen molar-refractivity contribution in [2.75, 3.05) is 37.4 Å². The molecule has 1 N–H and O–H groups in total. The van der Waals surface area contributed by atoms with E-state index in [2.05, 4.69) is 48.9 Å².